The standard InChI is InChI=1S/C9H11BrO2/c10-7-5-8(12-6-7)1-2-9(11)3-4-9/h5-6,11H,1-4H2. The van der Waals surface area contributed by atoms with Crippen molar-refractivity contribution in [2.24, 2.45) is 0 Å². The fourth-order valence-electron chi connectivity index (χ4n) is 1.24. The van der Waals surface area contributed by atoms with Gasteiger partial charge >= 0.3 is 0 Å². The van der Waals surface area contributed by atoms with Gasteiger partial charge in [0.15, 0.2) is 0 Å². The second-order valence-electron chi connectivity index (χ2n) is 3.46. The molecule has 1 aromatic rings. The van der Waals surface area contributed by atoms with Gasteiger partial charge in [-0.1, -0.05) is 0 Å². The van der Waals surface area contributed by atoms with Crippen LogP contribution in [0.3, 0.4) is 0 Å². The van der Waals surface area contributed by atoms with Crippen LogP contribution in [0.1, 0.15) is 25.0 Å². The van der Waals surface area contributed by atoms with Crippen LogP contribution in [0.25, 0.3) is 0 Å². The van der Waals surface area contributed by atoms with Crippen molar-refractivity contribution < 1.29 is 9.52 Å². The minimum absolute atomic E-state index is 0.362. The summed E-state index contributed by atoms with van der Waals surface area (Å²) in [5.41, 5.74) is -0.362. The van der Waals surface area contributed by atoms with E-state index in [1.165, 1.54) is 0 Å². The molecule has 1 aromatic heterocycles. The molecule has 12 heavy (non-hydrogen) atoms. The van der Waals surface area contributed by atoms with Gasteiger partial charge in [0, 0.05) is 6.42 Å². The second kappa shape index (κ2) is 2.89. The number of aryl methyl sites for hydroxylation is 1. The first-order chi connectivity index (χ1) is 5.68. The highest BCUT2D eigenvalue weighted by Crippen LogP contribution is 2.39. The fraction of sp³-hybridized carbons (Fsp3) is 0.556. The van der Waals surface area contributed by atoms with Crippen LogP contribution in [0.5, 0.6) is 0 Å². The number of halogens is 1. The number of hydrogen-bond acceptors (Lipinski definition) is 2. The maximum absolute atomic E-state index is 9.54. The van der Waals surface area contributed by atoms with Crippen LogP contribution >= 0.6 is 15.9 Å². The average Bonchev–Trinajstić information content (AvgIpc) is 2.60. The maximum Gasteiger partial charge on any atom is 0.105 e. The van der Waals surface area contributed by atoms with Crippen LogP contribution in [0.4, 0.5) is 0 Å². The van der Waals surface area contributed by atoms with Crippen molar-refractivity contribution in [3.05, 3.63) is 22.6 Å². The van der Waals surface area contributed by atoms with E-state index in [0.29, 0.717) is 0 Å². The Hall–Kier alpha value is -0.280. The third-order valence-electron chi connectivity index (χ3n) is 2.29. The van der Waals surface area contributed by atoms with Crippen LogP contribution < -0.4 is 0 Å². The molecule has 0 aromatic carbocycles. The summed E-state index contributed by atoms with van der Waals surface area (Å²) in [6.45, 7) is 0. The van der Waals surface area contributed by atoms with Gasteiger partial charge in [-0.05, 0) is 41.3 Å². The average molecular weight is 231 g/mol. The van der Waals surface area contributed by atoms with E-state index in [9.17, 15) is 5.11 Å². The number of aliphatic hydroxyl groups is 1. The van der Waals surface area contributed by atoms with Gasteiger partial charge in [0.05, 0.1) is 10.1 Å². The molecular weight excluding hydrogens is 220 g/mol. The molecule has 0 unspecified atom stereocenters. The minimum atomic E-state index is -0.362. The lowest BCUT2D eigenvalue weighted by atomic mass is 10.1. The Morgan fingerprint density at radius 1 is 1.58 bits per heavy atom. The lowest BCUT2D eigenvalue weighted by Crippen LogP contribution is -2.07. The Bertz CT molecular complexity index is 276. The highest BCUT2D eigenvalue weighted by Gasteiger charge is 2.39. The number of hydrogen-bond donors (Lipinski definition) is 1. The molecule has 1 heterocycles. The Labute approximate surface area is 79.7 Å². The molecule has 0 bridgehead atoms. The minimum Gasteiger partial charge on any atom is -0.468 e. The van der Waals surface area contributed by atoms with Gasteiger partial charge in [0.25, 0.3) is 0 Å². The Morgan fingerprint density at radius 2 is 2.33 bits per heavy atom. The van der Waals surface area contributed by atoms with Crippen LogP contribution in [-0.4, -0.2) is 10.7 Å². The summed E-state index contributed by atoms with van der Waals surface area (Å²) in [5, 5.41) is 9.54. The lowest BCUT2D eigenvalue weighted by molar-refractivity contribution is 0.138. The molecule has 0 saturated heterocycles. The molecule has 2 nitrogen and oxygen atoms in total. The van der Waals surface area contributed by atoms with E-state index in [0.717, 1.165) is 35.9 Å². The SMILES string of the molecule is OC1(CCc2cc(Br)co2)CC1. The highest BCUT2D eigenvalue weighted by atomic mass is 79.9. The quantitative estimate of drug-likeness (QED) is 0.866. The van der Waals surface area contributed by atoms with E-state index in [4.69, 9.17) is 4.42 Å². The molecule has 1 aliphatic carbocycles. The van der Waals surface area contributed by atoms with E-state index in [2.05, 4.69) is 15.9 Å². The third kappa shape index (κ3) is 1.90. The third-order valence-corrected chi connectivity index (χ3v) is 2.70. The molecule has 0 spiro atoms. The molecule has 1 fully saturated rings. The van der Waals surface area contributed by atoms with Crippen molar-refractivity contribution in [1.82, 2.24) is 0 Å². The predicted molar refractivity (Wildman–Crippen MR) is 48.9 cm³/mol. The molecule has 3 heteroatoms. The zero-order valence-electron chi connectivity index (χ0n) is 6.72. The van der Waals surface area contributed by atoms with Gasteiger partial charge in [-0.3, -0.25) is 0 Å². The summed E-state index contributed by atoms with van der Waals surface area (Å²) in [5.74, 6) is 0.946. The van der Waals surface area contributed by atoms with E-state index in [1.807, 2.05) is 6.07 Å². The zero-order chi connectivity index (χ0) is 8.60. The van der Waals surface area contributed by atoms with Crippen molar-refractivity contribution >= 4 is 15.9 Å². The largest absolute Gasteiger partial charge is 0.468 e. The highest BCUT2D eigenvalue weighted by molar-refractivity contribution is 9.10. The molecule has 0 amide bonds. The van der Waals surface area contributed by atoms with Crippen molar-refractivity contribution in [2.75, 3.05) is 0 Å². The Morgan fingerprint density at radius 3 is 2.83 bits per heavy atom. The lowest BCUT2D eigenvalue weighted by Gasteiger charge is -2.03. The first-order valence-corrected chi connectivity index (χ1v) is 4.93. The van der Waals surface area contributed by atoms with Crippen molar-refractivity contribution in [3.8, 4) is 0 Å². The summed E-state index contributed by atoms with van der Waals surface area (Å²) in [4.78, 5) is 0. The van der Waals surface area contributed by atoms with Gasteiger partial charge in [0.1, 0.15) is 12.0 Å². The summed E-state index contributed by atoms with van der Waals surface area (Å²) in [6, 6.07) is 1.95. The molecular formula is C9H11BrO2. The monoisotopic (exact) mass is 230 g/mol. The van der Waals surface area contributed by atoms with Gasteiger partial charge in [-0.2, -0.15) is 0 Å². The van der Waals surface area contributed by atoms with Gasteiger partial charge < -0.3 is 9.52 Å². The van der Waals surface area contributed by atoms with Gasteiger partial charge in [-0.15, -0.1) is 0 Å². The smallest absolute Gasteiger partial charge is 0.105 e. The molecule has 1 saturated carbocycles. The first kappa shape index (κ1) is 8.32. The molecule has 2 rings (SSSR count). The number of rotatable bonds is 3. The van der Waals surface area contributed by atoms with E-state index >= 15 is 0 Å². The zero-order valence-corrected chi connectivity index (χ0v) is 8.30. The summed E-state index contributed by atoms with van der Waals surface area (Å²) < 4.78 is 6.20. The molecule has 1 N–H and O–H groups in total. The van der Waals surface area contributed by atoms with Crippen molar-refractivity contribution in [3.63, 3.8) is 0 Å². The van der Waals surface area contributed by atoms with E-state index in [-0.39, 0.29) is 5.60 Å². The van der Waals surface area contributed by atoms with Crippen molar-refractivity contribution in [2.45, 2.75) is 31.3 Å². The van der Waals surface area contributed by atoms with Gasteiger partial charge in [0.2, 0.25) is 0 Å². The van der Waals surface area contributed by atoms with Crippen LogP contribution in [0.2, 0.25) is 0 Å². The summed E-state index contributed by atoms with van der Waals surface area (Å²) in [6.07, 6.45) is 5.24. The fourth-order valence-corrected chi connectivity index (χ4v) is 1.58. The van der Waals surface area contributed by atoms with E-state index in [1.54, 1.807) is 6.26 Å². The normalized spacial score (nSPS) is 19.5. The molecule has 0 radical (unpaired) electrons. The summed E-state index contributed by atoms with van der Waals surface area (Å²) in [7, 11) is 0. The van der Waals surface area contributed by atoms with Crippen molar-refractivity contribution in [1.29, 1.82) is 0 Å². The Kier molecular flexibility index (Phi) is 2.00. The van der Waals surface area contributed by atoms with Crippen LogP contribution in [-0.2, 0) is 6.42 Å². The van der Waals surface area contributed by atoms with E-state index < -0.39 is 0 Å². The molecule has 0 aliphatic heterocycles. The number of furan rings is 1. The first-order valence-electron chi connectivity index (χ1n) is 4.13. The second-order valence-corrected chi connectivity index (χ2v) is 4.37. The van der Waals surface area contributed by atoms with Crippen LogP contribution in [0.15, 0.2) is 21.2 Å². The molecule has 66 valence electrons. The summed E-state index contributed by atoms with van der Waals surface area (Å²) >= 11 is 3.31. The Balaban J connectivity index is 1.87. The predicted octanol–water partition coefficient (Wildman–Crippen LogP) is 2.50. The van der Waals surface area contributed by atoms with Gasteiger partial charge in [-0.25, -0.2) is 0 Å². The molecule has 0 atom stereocenters. The maximum atomic E-state index is 9.54. The molecule has 1 aliphatic rings. The topological polar surface area (TPSA) is 33.4 Å². The van der Waals surface area contributed by atoms with Crippen LogP contribution in [0, 0.1) is 0 Å².